The molecule has 1 aromatic carbocycles. The summed E-state index contributed by atoms with van der Waals surface area (Å²) in [6.07, 6.45) is 7.29. The Bertz CT molecular complexity index is 760. The third-order valence-electron chi connectivity index (χ3n) is 6.77. The number of benzene rings is 1. The Morgan fingerprint density at radius 1 is 1.14 bits per heavy atom. The summed E-state index contributed by atoms with van der Waals surface area (Å²) in [5.74, 6) is 0.270. The number of carbonyl (C=O) groups excluding carboxylic acids is 2. The van der Waals surface area contributed by atoms with Gasteiger partial charge in [-0.2, -0.15) is 0 Å². The molecule has 3 aliphatic rings. The van der Waals surface area contributed by atoms with E-state index in [1.807, 2.05) is 23.1 Å². The standard InChI is InChI=1S/C23H33N3O3/c1-17(27)25-11-5-6-18-14-19(9-10-21(18)25)22(28)15-24-12-13-26(23(29)16-24)20-7-3-2-4-8-20/h9-10,14,20,22,28H,2-8,11-13,15-16H2,1H3. The minimum Gasteiger partial charge on any atom is -0.387 e. The molecule has 158 valence electrons. The zero-order valence-corrected chi connectivity index (χ0v) is 17.5. The van der Waals surface area contributed by atoms with E-state index in [0.717, 1.165) is 62.1 Å². The Morgan fingerprint density at radius 3 is 2.66 bits per heavy atom. The number of fused-ring (bicyclic) bond motifs is 1. The van der Waals surface area contributed by atoms with E-state index in [-0.39, 0.29) is 11.8 Å². The van der Waals surface area contributed by atoms with E-state index in [4.69, 9.17) is 0 Å². The molecule has 0 spiro atoms. The number of hydrogen-bond acceptors (Lipinski definition) is 4. The summed E-state index contributed by atoms with van der Waals surface area (Å²) in [4.78, 5) is 30.5. The summed E-state index contributed by atoms with van der Waals surface area (Å²) in [5.41, 5.74) is 2.97. The van der Waals surface area contributed by atoms with Crippen LogP contribution in [0.25, 0.3) is 0 Å². The van der Waals surface area contributed by atoms with Crippen molar-refractivity contribution in [2.24, 2.45) is 0 Å². The lowest BCUT2D eigenvalue weighted by Gasteiger charge is -2.41. The molecule has 1 aliphatic carbocycles. The molecule has 0 aromatic heterocycles. The zero-order valence-electron chi connectivity index (χ0n) is 17.5. The smallest absolute Gasteiger partial charge is 0.237 e. The van der Waals surface area contributed by atoms with E-state index in [1.54, 1.807) is 6.92 Å². The highest BCUT2D eigenvalue weighted by molar-refractivity contribution is 5.92. The molecule has 6 heteroatoms. The van der Waals surface area contributed by atoms with Gasteiger partial charge in [-0.1, -0.05) is 31.4 Å². The van der Waals surface area contributed by atoms with E-state index in [1.165, 1.54) is 19.3 Å². The Morgan fingerprint density at radius 2 is 1.93 bits per heavy atom. The van der Waals surface area contributed by atoms with E-state index in [9.17, 15) is 14.7 Å². The molecule has 29 heavy (non-hydrogen) atoms. The maximum atomic E-state index is 12.7. The van der Waals surface area contributed by atoms with E-state index in [2.05, 4.69) is 9.80 Å². The second kappa shape index (κ2) is 8.84. The van der Waals surface area contributed by atoms with Gasteiger partial charge in [-0.05, 0) is 42.9 Å². The van der Waals surface area contributed by atoms with Gasteiger partial charge in [0, 0.05) is 44.8 Å². The topological polar surface area (TPSA) is 64.1 Å². The molecule has 0 bridgehead atoms. The van der Waals surface area contributed by atoms with E-state index in [0.29, 0.717) is 19.1 Å². The summed E-state index contributed by atoms with van der Waals surface area (Å²) < 4.78 is 0. The van der Waals surface area contributed by atoms with Crippen LogP contribution in [0, 0.1) is 0 Å². The molecule has 2 amide bonds. The molecule has 2 fully saturated rings. The highest BCUT2D eigenvalue weighted by atomic mass is 16.3. The normalized spacial score (nSPS) is 22.5. The van der Waals surface area contributed by atoms with Crippen LogP contribution >= 0.6 is 0 Å². The van der Waals surface area contributed by atoms with Crippen molar-refractivity contribution in [2.75, 3.05) is 37.6 Å². The van der Waals surface area contributed by atoms with E-state index >= 15 is 0 Å². The molecule has 4 rings (SSSR count). The third-order valence-corrected chi connectivity index (χ3v) is 6.77. The first-order valence-corrected chi connectivity index (χ1v) is 11.1. The van der Waals surface area contributed by atoms with Crippen molar-refractivity contribution in [1.29, 1.82) is 0 Å². The second-order valence-electron chi connectivity index (χ2n) is 8.79. The molecular formula is C23H33N3O3. The van der Waals surface area contributed by atoms with Gasteiger partial charge in [0.25, 0.3) is 0 Å². The summed E-state index contributed by atoms with van der Waals surface area (Å²) in [7, 11) is 0. The molecule has 1 N–H and O–H groups in total. The number of nitrogens with zero attached hydrogens (tertiary/aromatic N) is 3. The van der Waals surface area contributed by atoms with Crippen molar-refractivity contribution in [3.8, 4) is 0 Å². The van der Waals surface area contributed by atoms with Crippen molar-refractivity contribution < 1.29 is 14.7 Å². The lowest BCUT2D eigenvalue weighted by molar-refractivity contribution is -0.140. The van der Waals surface area contributed by atoms with Gasteiger partial charge in [0.15, 0.2) is 0 Å². The Balaban J connectivity index is 1.37. The third kappa shape index (κ3) is 4.48. The Kier molecular flexibility index (Phi) is 6.20. The van der Waals surface area contributed by atoms with Gasteiger partial charge in [0.2, 0.25) is 11.8 Å². The Labute approximate surface area is 173 Å². The van der Waals surface area contributed by atoms with Crippen LogP contribution in [-0.2, 0) is 16.0 Å². The van der Waals surface area contributed by atoms with Crippen molar-refractivity contribution in [3.63, 3.8) is 0 Å². The highest BCUT2D eigenvalue weighted by Gasteiger charge is 2.31. The summed E-state index contributed by atoms with van der Waals surface area (Å²) in [6, 6.07) is 6.34. The van der Waals surface area contributed by atoms with Crippen LogP contribution < -0.4 is 4.90 Å². The zero-order chi connectivity index (χ0) is 20.4. The van der Waals surface area contributed by atoms with Gasteiger partial charge in [-0.25, -0.2) is 0 Å². The van der Waals surface area contributed by atoms with Crippen molar-refractivity contribution >= 4 is 17.5 Å². The first-order valence-electron chi connectivity index (χ1n) is 11.1. The fraction of sp³-hybridized carbons (Fsp3) is 0.652. The van der Waals surface area contributed by atoms with Gasteiger partial charge < -0.3 is 14.9 Å². The molecule has 6 nitrogen and oxygen atoms in total. The molecule has 1 aromatic rings. The molecule has 1 saturated carbocycles. The predicted octanol–water partition coefficient (Wildman–Crippen LogP) is 2.50. The van der Waals surface area contributed by atoms with Gasteiger partial charge in [0.05, 0.1) is 12.6 Å². The SMILES string of the molecule is CC(=O)N1CCCc2cc(C(O)CN3CCN(C4CCCCC4)C(=O)C3)ccc21. The lowest BCUT2D eigenvalue weighted by Crippen LogP contribution is -2.54. The second-order valence-corrected chi connectivity index (χ2v) is 8.79. The molecule has 2 aliphatic heterocycles. The molecular weight excluding hydrogens is 366 g/mol. The number of amides is 2. The van der Waals surface area contributed by atoms with Crippen molar-refractivity contribution in [3.05, 3.63) is 29.3 Å². The summed E-state index contributed by atoms with van der Waals surface area (Å²) in [5, 5.41) is 10.8. The summed E-state index contributed by atoms with van der Waals surface area (Å²) >= 11 is 0. The number of β-amino-alcohol motifs (C(OH)–C–C–N with tert-alkyl or cyclic N) is 1. The molecule has 1 saturated heterocycles. The number of aliphatic hydroxyl groups is 1. The maximum Gasteiger partial charge on any atom is 0.237 e. The quantitative estimate of drug-likeness (QED) is 0.845. The largest absolute Gasteiger partial charge is 0.387 e. The first-order chi connectivity index (χ1) is 14.0. The van der Waals surface area contributed by atoms with Crippen molar-refractivity contribution in [2.45, 2.75) is 64.0 Å². The minimum absolute atomic E-state index is 0.0635. The minimum atomic E-state index is -0.623. The first kappa shape index (κ1) is 20.4. The van der Waals surface area contributed by atoms with Crippen LogP contribution in [0.15, 0.2) is 18.2 Å². The van der Waals surface area contributed by atoms with E-state index < -0.39 is 6.10 Å². The monoisotopic (exact) mass is 399 g/mol. The highest BCUT2D eigenvalue weighted by Crippen LogP contribution is 2.30. The predicted molar refractivity (Wildman–Crippen MR) is 113 cm³/mol. The fourth-order valence-corrected chi connectivity index (χ4v) is 5.17. The lowest BCUT2D eigenvalue weighted by atomic mass is 9.93. The van der Waals surface area contributed by atoms with Crippen molar-refractivity contribution in [1.82, 2.24) is 9.80 Å². The van der Waals surface area contributed by atoms with Gasteiger partial charge in [-0.15, -0.1) is 0 Å². The fourth-order valence-electron chi connectivity index (χ4n) is 5.17. The number of anilines is 1. The number of piperazine rings is 1. The van der Waals surface area contributed by atoms with Gasteiger partial charge in [-0.3, -0.25) is 14.5 Å². The van der Waals surface area contributed by atoms with Crippen LogP contribution in [-0.4, -0.2) is 65.5 Å². The molecule has 2 heterocycles. The van der Waals surface area contributed by atoms with Crippen LogP contribution in [0.2, 0.25) is 0 Å². The number of rotatable bonds is 4. The summed E-state index contributed by atoms with van der Waals surface area (Å²) in [6.45, 7) is 4.83. The number of aryl methyl sites for hydroxylation is 1. The molecule has 1 unspecified atom stereocenters. The average Bonchev–Trinajstić information content (AvgIpc) is 2.73. The average molecular weight is 400 g/mol. The van der Waals surface area contributed by atoms with Crippen LogP contribution in [0.1, 0.15) is 62.7 Å². The van der Waals surface area contributed by atoms with Gasteiger partial charge >= 0.3 is 0 Å². The number of hydrogen-bond donors (Lipinski definition) is 1. The van der Waals surface area contributed by atoms with Gasteiger partial charge in [0.1, 0.15) is 0 Å². The number of carbonyl (C=O) groups is 2. The van der Waals surface area contributed by atoms with Crippen LogP contribution in [0.5, 0.6) is 0 Å². The number of aliphatic hydroxyl groups excluding tert-OH is 1. The van der Waals surface area contributed by atoms with Crippen LogP contribution in [0.4, 0.5) is 5.69 Å². The maximum absolute atomic E-state index is 12.7. The molecule has 0 radical (unpaired) electrons. The van der Waals surface area contributed by atoms with Crippen LogP contribution in [0.3, 0.4) is 0 Å². The molecule has 1 atom stereocenters. The Hall–Kier alpha value is -1.92.